The summed E-state index contributed by atoms with van der Waals surface area (Å²) in [4.78, 5) is 171. The van der Waals surface area contributed by atoms with Crippen LogP contribution in [0.15, 0.2) is 0 Å². The van der Waals surface area contributed by atoms with E-state index in [0.29, 0.717) is 32.7 Å². The molecule has 0 spiro atoms. The highest BCUT2D eigenvalue weighted by atomic mass is 16.6. The Balaban J connectivity index is 3.03. The molecular weight excluding hydrogens is 1200 g/mol. The monoisotopic (exact) mass is 1320 g/mol. The lowest BCUT2D eigenvalue weighted by atomic mass is 9.91. The maximum absolute atomic E-state index is 15.3. The third kappa shape index (κ3) is 24.3. The van der Waals surface area contributed by atoms with E-state index in [1.165, 1.54) is 70.8 Å². The lowest BCUT2D eigenvalue weighted by Gasteiger charge is -2.41. The van der Waals surface area contributed by atoms with Crippen LogP contribution in [0.5, 0.6) is 0 Å². The number of nitrogens with one attached hydrogen (secondary N) is 4. The van der Waals surface area contributed by atoms with Crippen LogP contribution < -0.4 is 21.3 Å². The number of rotatable bonds is 18. The van der Waals surface area contributed by atoms with Crippen LogP contribution in [0.3, 0.4) is 0 Å². The quantitative estimate of drug-likeness (QED) is 0.107. The number of hydrogen-bond donors (Lipinski definition) is 6. The van der Waals surface area contributed by atoms with E-state index in [4.69, 9.17) is 9.47 Å². The van der Waals surface area contributed by atoms with Gasteiger partial charge in [-0.15, -0.1) is 0 Å². The molecule has 0 aromatic heterocycles. The molecule has 93 heavy (non-hydrogen) atoms. The summed E-state index contributed by atoms with van der Waals surface area (Å²) >= 11 is 0. The first-order chi connectivity index (χ1) is 43.0. The number of nitrogens with zero attached hydrogens (tertiary/aromatic N) is 7. The lowest BCUT2D eigenvalue weighted by Crippen LogP contribution is -2.64. The number of esters is 1. The molecule has 10 amide bonds. The van der Waals surface area contributed by atoms with Crippen molar-refractivity contribution in [2.24, 2.45) is 47.3 Å². The van der Waals surface area contributed by atoms with Gasteiger partial charge < -0.3 is 70.4 Å². The zero-order chi connectivity index (χ0) is 71.5. The summed E-state index contributed by atoms with van der Waals surface area (Å²) in [5, 5.41) is 34.8. The van der Waals surface area contributed by atoms with Gasteiger partial charge in [-0.25, -0.2) is 4.79 Å². The van der Waals surface area contributed by atoms with E-state index < -0.39 is 162 Å². The summed E-state index contributed by atoms with van der Waals surface area (Å²) in [5.74, 6) is -11.6. The normalized spacial score (nSPS) is 27.8. The largest absolute Gasteiger partial charge is 0.450 e. The second kappa shape index (κ2) is 37.9. The van der Waals surface area contributed by atoms with E-state index in [0.717, 1.165) is 14.7 Å². The Labute approximate surface area is 555 Å². The molecule has 0 unspecified atom stereocenters. The minimum Gasteiger partial charge on any atom is -0.450 e. The second-order valence-electron chi connectivity index (χ2n) is 29.2. The highest BCUT2D eigenvalue weighted by Gasteiger charge is 2.46. The fraction of sp³-hybridized carbons (Fsp3) is 0.836. The molecule has 2 aliphatic heterocycles. The van der Waals surface area contributed by atoms with Crippen molar-refractivity contribution >= 4 is 65.0 Å². The van der Waals surface area contributed by atoms with Crippen LogP contribution in [0.25, 0.3) is 0 Å². The molecule has 2 fully saturated rings. The summed E-state index contributed by atoms with van der Waals surface area (Å²) < 4.78 is 11.5. The Morgan fingerprint density at radius 3 is 1.34 bits per heavy atom. The van der Waals surface area contributed by atoms with Gasteiger partial charge in [0.05, 0.1) is 32.0 Å². The van der Waals surface area contributed by atoms with E-state index in [2.05, 4.69) is 26.2 Å². The van der Waals surface area contributed by atoms with Gasteiger partial charge in [0.15, 0.2) is 6.10 Å². The van der Waals surface area contributed by atoms with Crippen molar-refractivity contribution in [1.82, 2.24) is 55.6 Å². The second-order valence-corrected chi connectivity index (χ2v) is 29.2. The van der Waals surface area contributed by atoms with E-state index in [-0.39, 0.29) is 67.7 Å². The van der Waals surface area contributed by atoms with E-state index in [9.17, 15) is 48.6 Å². The number of carbonyl (C=O) groups is 11. The smallest absolute Gasteiger partial charge is 0.329 e. The molecule has 26 heteroatoms. The Bertz CT molecular complexity index is 2510. The van der Waals surface area contributed by atoms with Crippen molar-refractivity contribution in [3.63, 3.8) is 0 Å². The molecule has 2 aliphatic rings. The molecule has 0 bridgehead atoms. The number of aliphatic hydroxyl groups excluding tert-OH is 2. The molecule has 0 saturated carbocycles. The Hall–Kier alpha value is -5.99. The molecule has 0 aromatic rings. The van der Waals surface area contributed by atoms with Crippen LogP contribution in [-0.4, -0.2) is 263 Å². The fourth-order valence-corrected chi connectivity index (χ4v) is 12.0. The predicted octanol–water partition coefficient (Wildman–Crippen LogP) is 2.50. The molecule has 14 atom stereocenters. The van der Waals surface area contributed by atoms with Crippen LogP contribution in [0, 0.1) is 47.3 Å². The van der Waals surface area contributed by atoms with Gasteiger partial charge in [0.2, 0.25) is 53.2 Å². The number of likely N-dealkylation sites (N-methyl/N-ethyl adjacent to an activating group) is 6. The molecule has 534 valence electrons. The SMILES string of the molecule is CC(C)C[C@@H]1NC(=O)[C@H](CC(C)C)N(C)C(=O)CN(C)C(=O)[C@H]([C@@H](C)O)NC(=O)[C@H]([C@H](O)[C@H](C)CCN2CCOC[C@H]2C)N(C)C(=O)[C@H](C(C)C)N(C)C(=O)[C@@H](CC(C)C)NC(=O)[C@H](CC(C)C)N(C)C(=O)[C@@H](C(C)C)OC(=O)[C@H](C)NC(=O)[C@H](CC(C)C)N(C)C1=O. The summed E-state index contributed by atoms with van der Waals surface area (Å²) in [6, 6.07) is -12.3. The number of hydrogen-bond acceptors (Lipinski definition) is 16. The standard InChI is InChI=1S/C67H121N11O15/c1-36(2)29-47-62(86)74(21)50(32-39(7)8)58(82)68-45(17)67(91)93-57(42(13)14)66(90)75(22)51(33-40(9)10)60(84)70-48(30-37(3)4)63(87)76(23)54(41(11)12)65(89)77(24)55(56(81)43(15)25-26-78-27-28-92-35-44(78)16)61(85)71-53(46(18)79)64(88)72(19)34-52(80)73(20)49(31-38(5)6)59(83)69-47/h36-51,53-57,79,81H,25-35H2,1-24H3,(H,68,82)(H,69,83)(H,70,84)(H,71,85)/t43-,44-,45+,46-,47+,48-,49+,50+,51+,53+,54+,55+,56-,57-/m1/s1. The molecule has 0 aromatic carbocycles. The van der Waals surface area contributed by atoms with Crippen molar-refractivity contribution in [3.05, 3.63) is 0 Å². The third-order valence-corrected chi connectivity index (χ3v) is 17.7. The van der Waals surface area contributed by atoms with Gasteiger partial charge in [0, 0.05) is 54.9 Å². The van der Waals surface area contributed by atoms with Crippen LogP contribution >= 0.6 is 0 Å². The highest BCUT2D eigenvalue weighted by Crippen LogP contribution is 2.25. The van der Waals surface area contributed by atoms with Gasteiger partial charge in [-0.3, -0.25) is 52.8 Å². The first kappa shape index (κ1) is 83.1. The summed E-state index contributed by atoms with van der Waals surface area (Å²) in [5.41, 5.74) is 0. The third-order valence-electron chi connectivity index (χ3n) is 17.7. The van der Waals surface area contributed by atoms with Crippen LogP contribution in [-0.2, 0) is 62.2 Å². The summed E-state index contributed by atoms with van der Waals surface area (Å²) in [6.45, 7) is 32.9. The molecule has 0 aliphatic carbocycles. The molecule has 26 nitrogen and oxygen atoms in total. The zero-order valence-corrected chi connectivity index (χ0v) is 60.7. The van der Waals surface area contributed by atoms with Gasteiger partial charge in [0.1, 0.15) is 54.4 Å². The average molecular weight is 1320 g/mol. The number of carbonyl (C=O) groups excluding carboxylic acids is 11. The van der Waals surface area contributed by atoms with Crippen molar-refractivity contribution in [1.29, 1.82) is 0 Å². The Morgan fingerprint density at radius 2 is 0.914 bits per heavy atom. The minimum atomic E-state index is -1.76. The Kier molecular flexibility index (Phi) is 33.9. The number of aliphatic hydroxyl groups is 2. The molecule has 2 saturated heterocycles. The van der Waals surface area contributed by atoms with Crippen LogP contribution in [0.1, 0.15) is 163 Å². The lowest BCUT2D eigenvalue weighted by molar-refractivity contribution is -0.166. The number of amides is 10. The maximum atomic E-state index is 15.3. The average Bonchev–Trinajstić information content (AvgIpc) is 0.826. The zero-order valence-electron chi connectivity index (χ0n) is 60.7. The van der Waals surface area contributed by atoms with Gasteiger partial charge in [-0.1, -0.05) is 104 Å². The number of ether oxygens (including phenoxy) is 2. The summed E-state index contributed by atoms with van der Waals surface area (Å²) in [6.07, 6.45) is -3.83. The first-order valence-electron chi connectivity index (χ1n) is 33.7. The number of cyclic esters (lactones) is 1. The molecule has 2 rings (SSSR count). The minimum absolute atomic E-state index is 0.0560. The van der Waals surface area contributed by atoms with Gasteiger partial charge in [-0.2, -0.15) is 0 Å². The highest BCUT2D eigenvalue weighted by molar-refractivity contribution is 5.99. The molecule has 2 heterocycles. The maximum Gasteiger partial charge on any atom is 0.329 e. The molecule has 6 N–H and O–H groups in total. The van der Waals surface area contributed by atoms with Crippen LogP contribution in [0.4, 0.5) is 0 Å². The Morgan fingerprint density at radius 1 is 0.484 bits per heavy atom. The van der Waals surface area contributed by atoms with Crippen LogP contribution in [0.2, 0.25) is 0 Å². The number of morpholine rings is 1. The molecule has 0 radical (unpaired) electrons. The topological polar surface area (TPSA) is 317 Å². The van der Waals surface area contributed by atoms with Crippen molar-refractivity contribution in [2.75, 3.05) is 75.1 Å². The first-order valence-corrected chi connectivity index (χ1v) is 33.7. The van der Waals surface area contributed by atoms with Crippen molar-refractivity contribution < 1.29 is 72.4 Å². The van der Waals surface area contributed by atoms with Gasteiger partial charge >= 0.3 is 5.97 Å². The van der Waals surface area contributed by atoms with E-state index in [1.807, 2.05) is 76.2 Å². The van der Waals surface area contributed by atoms with E-state index >= 15 is 14.4 Å². The van der Waals surface area contributed by atoms with Gasteiger partial charge in [-0.05, 0) is 113 Å². The predicted molar refractivity (Wildman–Crippen MR) is 354 cm³/mol. The van der Waals surface area contributed by atoms with E-state index in [1.54, 1.807) is 34.6 Å². The van der Waals surface area contributed by atoms with Crippen molar-refractivity contribution in [2.45, 2.75) is 242 Å². The molecular formula is C67H121N11O15. The van der Waals surface area contributed by atoms with Gasteiger partial charge in [0.25, 0.3) is 5.91 Å². The fourth-order valence-electron chi connectivity index (χ4n) is 12.0. The summed E-state index contributed by atoms with van der Waals surface area (Å²) in [7, 11) is 8.18. The van der Waals surface area contributed by atoms with Crippen molar-refractivity contribution in [3.8, 4) is 0 Å².